The molecule has 1 fully saturated rings. The normalized spacial score (nSPS) is 18.4. The van der Waals surface area contributed by atoms with Crippen molar-refractivity contribution >= 4 is 24.0 Å². The topological polar surface area (TPSA) is 15.3 Å². The number of nitrogens with zero attached hydrogens (tertiary/aromatic N) is 1. The van der Waals surface area contributed by atoms with E-state index in [1.165, 1.54) is 0 Å². The van der Waals surface area contributed by atoms with Crippen LogP contribution in [0, 0.1) is 0 Å². The summed E-state index contributed by atoms with van der Waals surface area (Å²) in [5.74, 6) is 0. The molecule has 1 heterocycles. The number of piperazine rings is 1. The molecule has 132 valence electrons. The van der Waals surface area contributed by atoms with Crippen LogP contribution in [0.4, 0.5) is 26.3 Å². The molecule has 0 saturated carbocycles. The van der Waals surface area contributed by atoms with Crippen molar-refractivity contribution in [3.05, 3.63) is 34.3 Å². The summed E-state index contributed by atoms with van der Waals surface area (Å²) in [6.07, 6.45) is -9.44. The van der Waals surface area contributed by atoms with Gasteiger partial charge in [0.15, 0.2) is 0 Å². The fourth-order valence-corrected chi connectivity index (χ4v) is 2.67. The van der Waals surface area contributed by atoms with Crippen molar-refractivity contribution in [2.24, 2.45) is 0 Å². The number of hydrogen-bond acceptors (Lipinski definition) is 2. The molecule has 0 amide bonds. The number of hydrogen-bond donors (Lipinski definition) is 1. The molecule has 0 aliphatic carbocycles. The number of halogens is 8. The van der Waals surface area contributed by atoms with Gasteiger partial charge in [0.25, 0.3) is 0 Å². The summed E-state index contributed by atoms with van der Waals surface area (Å²) in [5, 5.41) is 2.58. The van der Waals surface area contributed by atoms with Crippen LogP contribution in [0.2, 0.25) is 5.02 Å². The number of alkyl halides is 6. The lowest BCUT2D eigenvalue weighted by Gasteiger charge is -2.36. The number of benzene rings is 1. The molecule has 0 aromatic heterocycles. The van der Waals surface area contributed by atoms with Crippen molar-refractivity contribution in [1.29, 1.82) is 0 Å². The number of nitrogens with one attached hydrogen (secondary N) is 1. The summed E-state index contributed by atoms with van der Waals surface area (Å²) in [7, 11) is 0. The van der Waals surface area contributed by atoms with E-state index in [9.17, 15) is 26.3 Å². The van der Waals surface area contributed by atoms with Gasteiger partial charge < -0.3 is 5.32 Å². The van der Waals surface area contributed by atoms with Crippen LogP contribution in [0.1, 0.15) is 17.2 Å². The molecule has 0 unspecified atom stereocenters. The molecule has 1 saturated heterocycles. The lowest BCUT2D eigenvalue weighted by Crippen LogP contribution is -2.49. The van der Waals surface area contributed by atoms with E-state index in [0.717, 1.165) is 11.0 Å². The van der Waals surface area contributed by atoms with E-state index >= 15 is 0 Å². The maximum atomic E-state index is 13.4. The summed E-state index contributed by atoms with van der Waals surface area (Å²) in [4.78, 5) is 1.10. The zero-order chi connectivity index (χ0) is 16.5. The molecule has 1 atom stereocenters. The predicted molar refractivity (Wildman–Crippen MR) is 76.9 cm³/mol. The van der Waals surface area contributed by atoms with Crippen LogP contribution >= 0.6 is 24.0 Å². The Labute approximate surface area is 140 Å². The van der Waals surface area contributed by atoms with Crippen molar-refractivity contribution in [1.82, 2.24) is 10.2 Å². The van der Waals surface area contributed by atoms with Crippen molar-refractivity contribution in [2.45, 2.75) is 18.4 Å². The highest BCUT2D eigenvalue weighted by molar-refractivity contribution is 6.31. The van der Waals surface area contributed by atoms with Crippen LogP contribution in [0.15, 0.2) is 18.2 Å². The average Bonchev–Trinajstić information content (AvgIpc) is 2.39. The second kappa shape index (κ2) is 7.46. The first-order chi connectivity index (χ1) is 10.1. The Hall–Kier alpha value is -0.700. The third kappa shape index (κ3) is 4.89. The van der Waals surface area contributed by atoms with Crippen molar-refractivity contribution < 1.29 is 26.3 Å². The Morgan fingerprint density at radius 1 is 1.04 bits per heavy atom. The maximum absolute atomic E-state index is 13.4. The summed E-state index contributed by atoms with van der Waals surface area (Å²) >= 11 is 5.76. The predicted octanol–water partition coefficient (Wildman–Crippen LogP) is 4.29. The molecule has 1 aliphatic rings. The molecule has 23 heavy (non-hydrogen) atoms. The minimum Gasteiger partial charge on any atom is -0.314 e. The van der Waals surface area contributed by atoms with Gasteiger partial charge in [0, 0.05) is 31.2 Å². The second-order valence-electron chi connectivity index (χ2n) is 4.96. The first kappa shape index (κ1) is 20.3. The third-order valence-electron chi connectivity index (χ3n) is 3.44. The SMILES string of the molecule is Cl.FC(F)(F)c1ccc(Cl)c([C@@H](N2CCNCC2)C(F)(F)F)c1. The van der Waals surface area contributed by atoms with Gasteiger partial charge in [-0.1, -0.05) is 11.6 Å². The highest BCUT2D eigenvalue weighted by atomic mass is 35.5. The van der Waals surface area contributed by atoms with Crippen LogP contribution < -0.4 is 5.32 Å². The molecule has 10 heteroatoms. The third-order valence-corrected chi connectivity index (χ3v) is 3.79. The molecular weight excluding hydrogens is 369 g/mol. The Morgan fingerprint density at radius 2 is 1.61 bits per heavy atom. The molecule has 1 aromatic rings. The molecule has 1 aliphatic heterocycles. The van der Waals surface area contributed by atoms with Gasteiger partial charge in [0.2, 0.25) is 0 Å². The summed E-state index contributed by atoms with van der Waals surface area (Å²) < 4.78 is 78.5. The Bertz CT molecular complexity index is 526. The molecular formula is C13H14Cl2F6N2. The van der Waals surface area contributed by atoms with Crippen LogP contribution in [-0.4, -0.2) is 37.3 Å². The first-order valence-corrected chi connectivity index (χ1v) is 6.86. The molecule has 2 nitrogen and oxygen atoms in total. The molecule has 0 bridgehead atoms. The second-order valence-corrected chi connectivity index (χ2v) is 5.37. The molecule has 0 spiro atoms. The van der Waals surface area contributed by atoms with Gasteiger partial charge in [0.05, 0.1) is 5.56 Å². The van der Waals surface area contributed by atoms with Crippen LogP contribution in [0.3, 0.4) is 0 Å². The molecule has 2 rings (SSSR count). The van der Waals surface area contributed by atoms with E-state index in [-0.39, 0.29) is 30.5 Å². The van der Waals surface area contributed by atoms with Gasteiger partial charge in [-0.2, -0.15) is 26.3 Å². The maximum Gasteiger partial charge on any atom is 0.416 e. The van der Waals surface area contributed by atoms with Crippen LogP contribution in [0.25, 0.3) is 0 Å². The minimum absolute atomic E-state index is 0. The van der Waals surface area contributed by atoms with Crippen molar-refractivity contribution in [3.63, 3.8) is 0 Å². The molecule has 1 N–H and O–H groups in total. The van der Waals surface area contributed by atoms with Gasteiger partial charge in [-0.25, -0.2) is 0 Å². The summed E-state index contributed by atoms with van der Waals surface area (Å²) in [6, 6.07) is -0.121. The van der Waals surface area contributed by atoms with Gasteiger partial charge in [-0.15, -0.1) is 12.4 Å². The van der Waals surface area contributed by atoms with E-state index < -0.39 is 29.5 Å². The van der Waals surface area contributed by atoms with E-state index in [1.54, 1.807) is 0 Å². The Balaban J connectivity index is 0.00000264. The zero-order valence-corrected chi connectivity index (χ0v) is 13.2. The highest BCUT2D eigenvalue weighted by Crippen LogP contribution is 2.42. The summed E-state index contributed by atoms with van der Waals surface area (Å²) in [6.45, 7) is 0.833. The van der Waals surface area contributed by atoms with E-state index in [4.69, 9.17) is 11.6 Å². The van der Waals surface area contributed by atoms with Crippen LogP contribution in [0.5, 0.6) is 0 Å². The summed E-state index contributed by atoms with van der Waals surface area (Å²) in [5.41, 5.74) is -1.71. The largest absolute Gasteiger partial charge is 0.416 e. The molecule has 1 aromatic carbocycles. The average molecular weight is 383 g/mol. The fraction of sp³-hybridized carbons (Fsp3) is 0.538. The highest BCUT2D eigenvalue weighted by Gasteiger charge is 2.46. The fourth-order valence-electron chi connectivity index (χ4n) is 2.45. The lowest BCUT2D eigenvalue weighted by atomic mass is 10.0. The zero-order valence-electron chi connectivity index (χ0n) is 11.6. The van der Waals surface area contributed by atoms with Crippen molar-refractivity contribution in [2.75, 3.05) is 26.2 Å². The van der Waals surface area contributed by atoms with Gasteiger partial charge in [-0.05, 0) is 23.8 Å². The lowest BCUT2D eigenvalue weighted by molar-refractivity contribution is -0.188. The standard InChI is InChI=1S/C13H13ClF6N2.ClH/c14-10-2-1-8(12(15,16)17)7-9(10)11(13(18,19)20)22-5-3-21-4-6-22;/h1-2,7,11,21H,3-6H2;1H/t11-;/m1./s1. The van der Waals surface area contributed by atoms with Gasteiger partial charge in [0.1, 0.15) is 6.04 Å². The van der Waals surface area contributed by atoms with Gasteiger partial charge >= 0.3 is 12.4 Å². The van der Waals surface area contributed by atoms with Crippen molar-refractivity contribution in [3.8, 4) is 0 Å². The number of rotatable bonds is 2. The van der Waals surface area contributed by atoms with E-state index in [1.807, 2.05) is 0 Å². The van der Waals surface area contributed by atoms with E-state index in [2.05, 4.69) is 5.32 Å². The first-order valence-electron chi connectivity index (χ1n) is 6.49. The smallest absolute Gasteiger partial charge is 0.314 e. The monoisotopic (exact) mass is 382 g/mol. The quantitative estimate of drug-likeness (QED) is 0.767. The Morgan fingerprint density at radius 3 is 2.09 bits per heavy atom. The van der Waals surface area contributed by atoms with Crippen LogP contribution in [-0.2, 0) is 6.18 Å². The minimum atomic E-state index is -4.72. The van der Waals surface area contributed by atoms with Gasteiger partial charge in [-0.3, -0.25) is 4.90 Å². The Kier molecular flexibility index (Phi) is 6.60. The van der Waals surface area contributed by atoms with E-state index in [0.29, 0.717) is 25.2 Å². The molecule has 0 radical (unpaired) electrons.